The van der Waals surface area contributed by atoms with Crippen molar-refractivity contribution in [3.63, 3.8) is 0 Å². The molecule has 3 rings (SSSR count). The van der Waals surface area contributed by atoms with E-state index < -0.39 is 17.7 Å². The van der Waals surface area contributed by atoms with E-state index in [-0.39, 0.29) is 38.1 Å². The molecule has 0 radical (unpaired) electrons. The first kappa shape index (κ1) is 18.7. The van der Waals surface area contributed by atoms with Gasteiger partial charge >= 0.3 is 6.03 Å². The van der Waals surface area contributed by atoms with Crippen LogP contribution in [0.15, 0.2) is 18.2 Å². The molecule has 8 heteroatoms. The number of nitrogens with zero attached hydrogens (tertiary/aromatic N) is 2. The SMILES string of the molecule is O=C1CCN(Cc2ccc(F)c(F)c2)C(=O)N1CCCOC1CCOC1. The molecule has 0 aromatic heterocycles. The van der Waals surface area contributed by atoms with Gasteiger partial charge in [-0.2, -0.15) is 0 Å². The van der Waals surface area contributed by atoms with Crippen LogP contribution in [0, 0.1) is 11.6 Å². The van der Waals surface area contributed by atoms with Crippen molar-refractivity contribution in [2.45, 2.75) is 31.9 Å². The largest absolute Gasteiger partial charge is 0.379 e. The Morgan fingerprint density at radius 3 is 2.81 bits per heavy atom. The number of ether oxygens (including phenoxy) is 2. The number of carbonyl (C=O) groups is 2. The fourth-order valence-corrected chi connectivity index (χ4v) is 3.08. The van der Waals surface area contributed by atoms with Crippen LogP contribution in [0.2, 0.25) is 0 Å². The molecule has 2 aliphatic rings. The molecular weight excluding hydrogens is 346 g/mol. The first-order valence-electron chi connectivity index (χ1n) is 8.77. The highest BCUT2D eigenvalue weighted by Crippen LogP contribution is 2.17. The first-order chi connectivity index (χ1) is 12.5. The predicted molar refractivity (Wildman–Crippen MR) is 88.3 cm³/mol. The lowest BCUT2D eigenvalue weighted by Crippen LogP contribution is -2.52. The molecule has 0 spiro atoms. The van der Waals surface area contributed by atoms with Crippen LogP contribution in [0.1, 0.15) is 24.8 Å². The number of benzene rings is 1. The van der Waals surface area contributed by atoms with Crippen molar-refractivity contribution < 1.29 is 27.8 Å². The van der Waals surface area contributed by atoms with E-state index >= 15 is 0 Å². The molecule has 0 saturated carbocycles. The zero-order valence-corrected chi connectivity index (χ0v) is 14.5. The number of hydrogen-bond donors (Lipinski definition) is 0. The molecule has 0 bridgehead atoms. The van der Waals surface area contributed by atoms with Crippen molar-refractivity contribution in [3.05, 3.63) is 35.4 Å². The lowest BCUT2D eigenvalue weighted by molar-refractivity contribution is -0.131. The number of halogens is 2. The minimum atomic E-state index is -0.951. The fourth-order valence-electron chi connectivity index (χ4n) is 3.08. The molecule has 2 fully saturated rings. The Morgan fingerprint density at radius 2 is 2.08 bits per heavy atom. The van der Waals surface area contributed by atoms with Crippen LogP contribution < -0.4 is 0 Å². The summed E-state index contributed by atoms with van der Waals surface area (Å²) in [5.74, 6) is -2.10. The van der Waals surface area contributed by atoms with Crippen molar-refractivity contribution in [2.24, 2.45) is 0 Å². The Labute approximate surface area is 150 Å². The van der Waals surface area contributed by atoms with Crippen LogP contribution in [-0.4, -0.2) is 60.8 Å². The van der Waals surface area contributed by atoms with E-state index in [1.54, 1.807) is 0 Å². The van der Waals surface area contributed by atoms with E-state index in [9.17, 15) is 18.4 Å². The molecule has 6 nitrogen and oxygen atoms in total. The van der Waals surface area contributed by atoms with Gasteiger partial charge in [0.25, 0.3) is 0 Å². The summed E-state index contributed by atoms with van der Waals surface area (Å²) in [5, 5.41) is 0. The molecule has 1 aromatic carbocycles. The molecule has 2 heterocycles. The summed E-state index contributed by atoms with van der Waals surface area (Å²) in [7, 11) is 0. The van der Waals surface area contributed by atoms with E-state index in [4.69, 9.17) is 9.47 Å². The van der Waals surface area contributed by atoms with E-state index in [1.165, 1.54) is 15.9 Å². The van der Waals surface area contributed by atoms with Gasteiger partial charge in [-0.05, 0) is 30.5 Å². The Morgan fingerprint density at radius 1 is 1.23 bits per heavy atom. The number of carbonyl (C=O) groups excluding carboxylic acids is 2. The van der Waals surface area contributed by atoms with Crippen LogP contribution in [-0.2, 0) is 20.8 Å². The molecule has 2 aliphatic heterocycles. The topological polar surface area (TPSA) is 59.1 Å². The van der Waals surface area contributed by atoms with Crippen LogP contribution in [0.25, 0.3) is 0 Å². The smallest absolute Gasteiger partial charge is 0.327 e. The van der Waals surface area contributed by atoms with Crippen molar-refractivity contribution in [1.29, 1.82) is 0 Å². The highest BCUT2D eigenvalue weighted by molar-refractivity contribution is 5.96. The molecule has 26 heavy (non-hydrogen) atoms. The van der Waals surface area contributed by atoms with E-state index in [2.05, 4.69) is 0 Å². The summed E-state index contributed by atoms with van der Waals surface area (Å²) in [6.07, 6.45) is 1.72. The van der Waals surface area contributed by atoms with Crippen LogP contribution in [0.5, 0.6) is 0 Å². The normalized spacial score (nSPS) is 20.9. The maximum Gasteiger partial charge on any atom is 0.327 e. The van der Waals surface area contributed by atoms with Crippen molar-refractivity contribution in [1.82, 2.24) is 9.80 Å². The molecular formula is C18H22F2N2O4. The summed E-state index contributed by atoms with van der Waals surface area (Å²) in [5.41, 5.74) is 0.483. The lowest BCUT2D eigenvalue weighted by Gasteiger charge is -2.34. The fraction of sp³-hybridized carbons (Fsp3) is 0.556. The van der Waals surface area contributed by atoms with Crippen LogP contribution >= 0.6 is 0 Å². The summed E-state index contributed by atoms with van der Waals surface area (Å²) in [6.45, 7) is 2.42. The molecule has 1 unspecified atom stereocenters. The van der Waals surface area contributed by atoms with Gasteiger partial charge < -0.3 is 14.4 Å². The van der Waals surface area contributed by atoms with Gasteiger partial charge in [-0.15, -0.1) is 0 Å². The van der Waals surface area contributed by atoms with Gasteiger partial charge in [-0.1, -0.05) is 6.07 Å². The quantitative estimate of drug-likeness (QED) is 0.693. The Balaban J connectivity index is 1.51. The standard InChI is InChI=1S/C18H22F2N2O4/c19-15-3-2-13(10-16(15)20)11-21-7-4-17(23)22(18(21)24)6-1-8-26-14-5-9-25-12-14/h2-3,10,14H,1,4-9,11-12H2. The van der Waals surface area contributed by atoms with E-state index in [1.807, 2.05) is 0 Å². The Kier molecular flexibility index (Phi) is 6.16. The second-order valence-corrected chi connectivity index (χ2v) is 6.46. The zero-order chi connectivity index (χ0) is 18.5. The van der Waals surface area contributed by atoms with Gasteiger partial charge in [0.2, 0.25) is 5.91 Å². The second kappa shape index (κ2) is 8.55. The number of rotatable bonds is 7. The third-order valence-corrected chi connectivity index (χ3v) is 4.52. The summed E-state index contributed by atoms with van der Waals surface area (Å²) < 4.78 is 37.2. The monoisotopic (exact) mass is 368 g/mol. The summed E-state index contributed by atoms with van der Waals surface area (Å²) >= 11 is 0. The summed E-state index contributed by atoms with van der Waals surface area (Å²) in [6, 6.07) is 3.13. The van der Waals surface area contributed by atoms with Gasteiger partial charge in [0.15, 0.2) is 11.6 Å². The molecule has 1 atom stereocenters. The van der Waals surface area contributed by atoms with Gasteiger partial charge in [0, 0.05) is 39.3 Å². The van der Waals surface area contributed by atoms with E-state index in [0.29, 0.717) is 31.8 Å². The summed E-state index contributed by atoms with van der Waals surface area (Å²) in [4.78, 5) is 27.3. The van der Waals surface area contributed by atoms with Crippen molar-refractivity contribution in [3.8, 4) is 0 Å². The van der Waals surface area contributed by atoms with Gasteiger partial charge in [0.1, 0.15) is 0 Å². The molecule has 3 amide bonds. The third kappa shape index (κ3) is 4.56. The zero-order valence-electron chi connectivity index (χ0n) is 14.5. The molecule has 0 aliphatic carbocycles. The van der Waals surface area contributed by atoms with Gasteiger partial charge in [-0.3, -0.25) is 9.69 Å². The van der Waals surface area contributed by atoms with E-state index in [0.717, 1.165) is 18.6 Å². The highest BCUT2D eigenvalue weighted by Gasteiger charge is 2.31. The third-order valence-electron chi connectivity index (χ3n) is 4.52. The minimum absolute atomic E-state index is 0.0904. The van der Waals surface area contributed by atoms with Crippen LogP contribution in [0.4, 0.5) is 13.6 Å². The number of hydrogen-bond acceptors (Lipinski definition) is 4. The van der Waals surface area contributed by atoms with Crippen LogP contribution in [0.3, 0.4) is 0 Å². The number of urea groups is 1. The predicted octanol–water partition coefficient (Wildman–Crippen LogP) is 2.31. The number of imide groups is 1. The van der Waals surface area contributed by atoms with Crippen molar-refractivity contribution >= 4 is 11.9 Å². The lowest BCUT2D eigenvalue weighted by atomic mass is 10.1. The molecule has 0 N–H and O–H groups in total. The Bertz CT molecular complexity index is 665. The highest BCUT2D eigenvalue weighted by atomic mass is 19.2. The molecule has 142 valence electrons. The average Bonchev–Trinajstić information content (AvgIpc) is 3.13. The Hall–Kier alpha value is -2.06. The minimum Gasteiger partial charge on any atom is -0.379 e. The average molecular weight is 368 g/mol. The van der Waals surface area contributed by atoms with Gasteiger partial charge in [0.05, 0.1) is 12.7 Å². The van der Waals surface area contributed by atoms with Crippen molar-refractivity contribution in [2.75, 3.05) is 32.9 Å². The second-order valence-electron chi connectivity index (χ2n) is 6.46. The number of amides is 3. The first-order valence-corrected chi connectivity index (χ1v) is 8.77. The maximum absolute atomic E-state index is 13.3. The maximum atomic E-state index is 13.3. The van der Waals surface area contributed by atoms with Gasteiger partial charge in [-0.25, -0.2) is 13.6 Å². The molecule has 1 aromatic rings. The molecule has 2 saturated heterocycles.